The Morgan fingerprint density at radius 3 is 1.46 bits per heavy atom. The highest BCUT2D eigenvalue weighted by atomic mass is 16.8. The second kappa shape index (κ2) is 5.10. The number of ether oxygens (including phenoxy) is 4. The van der Waals surface area contributed by atoms with Gasteiger partial charge < -0.3 is 18.9 Å². The first kappa shape index (κ1) is 14.1. The van der Waals surface area contributed by atoms with Crippen molar-refractivity contribution < 1.29 is 18.9 Å². The maximum atomic E-state index is 5.78. The van der Waals surface area contributed by atoms with Crippen LogP contribution in [-0.4, -0.2) is 24.8 Å². The molecule has 2 saturated heterocycles. The predicted molar refractivity (Wildman–Crippen MR) is 91.4 cm³/mol. The summed E-state index contributed by atoms with van der Waals surface area (Å²) in [6, 6.07) is 16.6. The number of benzene rings is 3. The summed E-state index contributed by atoms with van der Waals surface area (Å²) in [5.74, 6) is 1.69. The van der Waals surface area contributed by atoms with Crippen molar-refractivity contribution in [1.29, 1.82) is 0 Å². The molecule has 0 saturated carbocycles. The minimum atomic E-state index is -0.102. The van der Waals surface area contributed by atoms with Gasteiger partial charge in [-0.1, -0.05) is 24.3 Å². The highest BCUT2D eigenvalue weighted by Gasteiger charge is 2.37. The van der Waals surface area contributed by atoms with E-state index in [-0.39, 0.29) is 24.8 Å². The molecular formula is C20H18O4. The molecule has 4 heteroatoms. The smallest absolute Gasteiger partial charge is 0.226 e. The summed E-state index contributed by atoms with van der Waals surface area (Å²) in [4.78, 5) is 0. The fourth-order valence-electron chi connectivity index (χ4n) is 3.02. The van der Waals surface area contributed by atoms with Crippen LogP contribution in [0.3, 0.4) is 0 Å². The lowest BCUT2D eigenvalue weighted by atomic mass is 10.0. The molecule has 2 fully saturated rings. The summed E-state index contributed by atoms with van der Waals surface area (Å²) in [5, 5.41) is 4.71. The molecule has 5 rings (SSSR count). The summed E-state index contributed by atoms with van der Waals surface area (Å²) in [7, 11) is 0. The number of hydrogen-bond acceptors (Lipinski definition) is 4. The molecule has 4 nitrogen and oxygen atoms in total. The lowest BCUT2D eigenvalue weighted by Gasteiger charge is -2.09. The molecule has 0 radical (unpaired) electrons. The summed E-state index contributed by atoms with van der Waals surface area (Å²) in [6.45, 7) is 4.01. The highest BCUT2D eigenvalue weighted by Crippen LogP contribution is 2.34. The van der Waals surface area contributed by atoms with E-state index in [2.05, 4.69) is 36.4 Å². The summed E-state index contributed by atoms with van der Waals surface area (Å²) in [6.07, 6.45) is 0.173. The Hall–Kier alpha value is -2.30. The lowest BCUT2D eigenvalue weighted by molar-refractivity contribution is 0.178. The van der Waals surface area contributed by atoms with Crippen LogP contribution in [0.25, 0.3) is 21.5 Å². The van der Waals surface area contributed by atoms with Gasteiger partial charge in [0.2, 0.25) is 12.6 Å². The van der Waals surface area contributed by atoms with E-state index >= 15 is 0 Å². The molecule has 2 heterocycles. The molecule has 2 aliphatic heterocycles. The van der Waals surface area contributed by atoms with E-state index in [0.717, 1.165) is 22.3 Å². The van der Waals surface area contributed by atoms with Crippen LogP contribution >= 0.6 is 0 Å². The van der Waals surface area contributed by atoms with E-state index < -0.39 is 0 Å². The Balaban J connectivity index is 1.49. The zero-order chi connectivity index (χ0) is 16.3. The van der Waals surface area contributed by atoms with Crippen LogP contribution in [0.15, 0.2) is 48.5 Å². The first-order chi connectivity index (χ1) is 11.7. The molecule has 0 bridgehead atoms. The van der Waals surface area contributed by atoms with Crippen LogP contribution in [0.4, 0.5) is 0 Å². The van der Waals surface area contributed by atoms with Gasteiger partial charge in [-0.3, -0.25) is 0 Å². The van der Waals surface area contributed by atoms with E-state index in [1.165, 1.54) is 10.8 Å². The third kappa shape index (κ3) is 2.48. The molecular weight excluding hydrogens is 304 g/mol. The Morgan fingerprint density at radius 2 is 1.08 bits per heavy atom. The zero-order valence-electron chi connectivity index (χ0n) is 13.6. The quantitative estimate of drug-likeness (QED) is 0.532. The molecule has 122 valence electrons. The second-order valence-electron chi connectivity index (χ2n) is 6.49. The number of hydrogen-bond donors (Lipinski definition) is 0. The zero-order valence-corrected chi connectivity index (χ0v) is 13.6. The Labute approximate surface area is 139 Å². The predicted octanol–water partition coefficient (Wildman–Crippen LogP) is 4.24. The average Bonchev–Trinajstić information content (AvgIpc) is 3.47. The van der Waals surface area contributed by atoms with E-state index in [4.69, 9.17) is 18.9 Å². The normalized spacial score (nSPS) is 28.1. The molecule has 4 atom stereocenters. The fraction of sp³-hybridized carbons (Fsp3) is 0.300. The number of fused-ring (bicyclic) bond motifs is 3. The van der Waals surface area contributed by atoms with Crippen LogP contribution in [0.2, 0.25) is 0 Å². The first-order valence-electron chi connectivity index (χ1n) is 8.28. The van der Waals surface area contributed by atoms with E-state index in [1.807, 2.05) is 26.0 Å². The van der Waals surface area contributed by atoms with Gasteiger partial charge in [0.15, 0.2) is 0 Å². The molecule has 24 heavy (non-hydrogen) atoms. The fourth-order valence-corrected chi connectivity index (χ4v) is 3.02. The third-order valence-electron chi connectivity index (χ3n) is 4.59. The van der Waals surface area contributed by atoms with Crippen LogP contribution < -0.4 is 9.47 Å². The van der Waals surface area contributed by atoms with Gasteiger partial charge in [0.05, 0.1) is 0 Å². The number of epoxide rings is 2. The van der Waals surface area contributed by atoms with Crippen LogP contribution in [0.1, 0.15) is 13.8 Å². The minimum absolute atomic E-state index is 0.102. The third-order valence-corrected chi connectivity index (χ3v) is 4.59. The maximum Gasteiger partial charge on any atom is 0.226 e. The van der Waals surface area contributed by atoms with Gasteiger partial charge in [-0.05, 0) is 59.7 Å². The molecule has 0 amide bonds. The van der Waals surface area contributed by atoms with Gasteiger partial charge in [-0.2, -0.15) is 0 Å². The maximum absolute atomic E-state index is 5.78. The van der Waals surface area contributed by atoms with Gasteiger partial charge in [0.1, 0.15) is 23.7 Å². The van der Waals surface area contributed by atoms with Gasteiger partial charge in [-0.25, -0.2) is 0 Å². The Kier molecular flexibility index (Phi) is 2.99. The standard InChI is InChI=1S/C20H18O4/c1-11-19(21-11)23-15-5-7-17-13(9-15)3-4-14-10-16(6-8-18(14)17)24-20-12(2)22-20/h3-12,19-20H,1-2H3. The Bertz CT molecular complexity index is 859. The first-order valence-corrected chi connectivity index (χ1v) is 8.28. The summed E-state index contributed by atoms with van der Waals surface area (Å²) < 4.78 is 22.2. The lowest BCUT2D eigenvalue weighted by Crippen LogP contribution is -2.01. The highest BCUT2D eigenvalue weighted by molar-refractivity contribution is 6.08. The van der Waals surface area contributed by atoms with Crippen molar-refractivity contribution in [3.63, 3.8) is 0 Å². The topological polar surface area (TPSA) is 43.5 Å². The monoisotopic (exact) mass is 322 g/mol. The largest absolute Gasteiger partial charge is 0.462 e. The van der Waals surface area contributed by atoms with Crippen LogP contribution in [-0.2, 0) is 9.47 Å². The van der Waals surface area contributed by atoms with Crippen LogP contribution in [0.5, 0.6) is 11.5 Å². The number of rotatable bonds is 4. The van der Waals surface area contributed by atoms with E-state index in [1.54, 1.807) is 0 Å². The molecule has 2 aliphatic rings. The molecule has 3 aromatic carbocycles. The average molecular weight is 322 g/mol. The van der Waals surface area contributed by atoms with Crippen molar-refractivity contribution in [2.24, 2.45) is 0 Å². The molecule has 0 N–H and O–H groups in total. The van der Waals surface area contributed by atoms with Crippen molar-refractivity contribution in [2.75, 3.05) is 0 Å². The van der Waals surface area contributed by atoms with Gasteiger partial charge in [0.25, 0.3) is 0 Å². The van der Waals surface area contributed by atoms with Crippen molar-refractivity contribution in [3.8, 4) is 11.5 Å². The molecule has 4 unspecified atom stereocenters. The van der Waals surface area contributed by atoms with E-state index in [0.29, 0.717) is 0 Å². The summed E-state index contributed by atoms with van der Waals surface area (Å²) >= 11 is 0. The summed E-state index contributed by atoms with van der Waals surface area (Å²) in [5.41, 5.74) is 0. The molecule has 0 aliphatic carbocycles. The van der Waals surface area contributed by atoms with Crippen molar-refractivity contribution in [3.05, 3.63) is 48.5 Å². The molecule has 0 spiro atoms. The second-order valence-corrected chi connectivity index (χ2v) is 6.49. The van der Waals surface area contributed by atoms with Crippen LogP contribution in [0, 0.1) is 0 Å². The SMILES string of the molecule is CC1OC1Oc1ccc2c(ccc3cc(OC4OC4C)ccc32)c1. The molecule has 3 aromatic rings. The van der Waals surface area contributed by atoms with Gasteiger partial charge in [0, 0.05) is 0 Å². The van der Waals surface area contributed by atoms with E-state index in [9.17, 15) is 0 Å². The molecule has 0 aromatic heterocycles. The van der Waals surface area contributed by atoms with Gasteiger partial charge in [-0.15, -0.1) is 0 Å². The van der Waals surface area contributed by atoms with Crippen molar-refractivity contribution in [2.45, 2.75) is 38.6 Å². The Morgan fingerprint density at radius 1 is 0.667 bits per heavy atom. The van der Waals surface area contributed by atoms with Crippen molar-refractivity contribution in [1.82, 2.24) is 0 Å². The van der Waals surface area contributed by atoms with Gasteiger partial charge >= 0.3 is 0 Å². The van der Waals surface area contributed by atoms with Crippen molar-refractivity contribution >= 4 is 21.5 Å². The minimum Gasteiger partial charge on any atom is -0.462 e.